The monoisotopic (exact) mass is 290 g/mol. The van der Waals surface area contributed by atoms with Gasteiger partial charge in [-0.05, 0) is 36.1 Å². The van der Waals surface area contributed by atoms with Gasteiger partial charge in [0.15, 0.2) is 0 Å². The third kappa shape index (κ3) is 3.30. The van der Waals surface area contributed by atoms with Crippen LogP contribution in [0.1, 0.15) is 41.0 Å². The van der Waals surface area contributed by atoms with E-state index < -0.39 is 5.97 Å². The van der Waals surface area contributed by atoms with Crippen molar-refractivity contribution < 1.29 is 9.90 Å². The molecule has 0 saturated heterocycles. The molecule has 2 aromatic rings. The number of aromatic carboxylic acids is 1. The maximum absolute atomic E-state index is 10.9. The van der Waals surface area contributed by atoms with Crippen LogP contribution in [0.25, 0.3) is 0 Å². The Morgan fingerprint density at radius 3 is 2.80 bits per heavy atom. The van der Waals surface area contributed by atoms with Crippen LogP contribution < -0.4 is 11.1 Å². The van der Waals surface area contributed by atoms with E-state index in [2.05, 4.69) is 23.7 Å². The Morgan fingerprint density at radius 2 is 2.25 bits per heavy atom. The standard InChI is InChI=1S/C15H18N2O2S/c1-2-4-13(14-5-3-8-20-14)17-12-7-6-10(15(18)19)9-11(12)16/h3,5-9,13,17H,2,4,16H2,1H3,(H,18,19). The Hall–Kier alpha value is -2.01. The smallest absolute Gasteiger partial charge is 0.335 e. The highest BCUT2D eigenvalue weighted by Crippen LogP contribution is 2.30. The van der Waals surface area contributed by atoms with Crippen molar-refractivity contribution >= 4 is 28.7 Å². The van der Waals surface area contributed by atoms with Crippen LogP contribution in [0.4, 0.5) is 11.4 Å². The van der Waals surface area contributed by atoms with Crippen LogP contribution in [0.5, 0.6) is 0 Å². The van der Waals surface area contributed by atoms with Crippen LogP contribution in [-0.4, -0.2) is 11.1 Å². The number of carboxylic acid groups (broad SMARTS) is 1. The highest BCUT2D eigenvalue weighted by atomic mass is 32.1. The van der Waals surface area contributed by atoms with Crippen molar-refractivity contribution in [2.24, 2.45) is 0 Å². The largest absolute Gasteiger partial charge is 0.478 e. The van der Waals surface area contributed by atoms with Crippen molar-refractivity contribution in [3.8, 4) is 0 Å². The van der Waals surface area contributed by atoms with Gasteiger partial charge in [-0.25, -0.2) is 4.79 Å². The highest BCUT2D eigenvalue weighted by molar-refractivity contribution is 7.10. The normalized spacial score (nSPS) is 12.1. The van der Waals surface area contributed by atoms with Gasteiger partial charge in [0.1, 0.15) is 0 Å². The Balaban J connectivity index is 2.21. The van der Waals surface area contributed by atoms with E-state index in [9.17, 15) is 4.79 Å². The summed E-state index contributed by atoms with van der Waals surface area (Å²) in [5.41, 5.74) is 7.38. The third-order valence-electron chi connectivity index (χ3n) is 3.09. The number of rotatable bonds is 6. The minimum absolute atomic E-state index is 0.205. The Labute approximate surface area is 122 Å². The predicted molar refractivity (Wildman–Crippen MR) is 83.4 cm³/mol. The van der Waals surface area contributed by atoms with Gasteiger partial charge in [-0.15, -0.1) is 11.3 Å². The molecule has 1 aromatic carbocycles. The summed E-state index contributed by atoms with van der Waals surface area (Å²) >= 11 is 1.71. The Morgan fingerprint density at radius 1 is 1.45 bits per heavy atom. The molecule has 2 rings (SSSR count). The number of hydrogen-bond acceptors (Lipinski definition) is 4. The molecule has 0 saturated carbocycles. The molecule has 0 bridgehead atoms. The number of benzene rings is 1. The molecule has 0 aliphatic heterocycles. The fourth-order valence-corrected chi connectivity index (χ4v) is 2.89. The first kappa shape index (κ1) is 14.4. The molecule has 5 heteroatoms. The first-order valence-corrected chi connectivity index (χ1v) is 7.42. The van der Waals surface area contributed by atoms with Gasteiger partial charge in [-0.3, -0.25) is 0 Å². The lowest BCUT2D eigenvalue weighted by Gasteiger charge is -2.19. The van der Waals surface area contributed by atoms with Crippen LogP contribution in [-0.2, 0) is 0 Å². The molecule has 0 spiro atoms. The van der Waals surface area contributed by atoms with E-state index in [1.54, 1.807) is 23.5 Å². The molecule has 0 aliphatic carbocycles. The summed E-state index contributed by atoms with van der Waals surface area (Å²) < 4.78 is 0. The molecule has 0 amide bonds. The number of carbonyl (C=O) groups is 1. The minimum Gasteiger partial charge on any atom is -0.478 e. The summed E-state index contributed by atoms with van der Waals surface area (Å²) in [7, 11) is 0. The zero-order valence-electron chi connectivity index (χ0n) is 11.3. The number of nitrogen functional groups attached to an aromatic ring is 1. The number of nitrogens with one attached hydrogen (secondary N) is 1. The number of anilines is 2. The second-order valence-electron chi connectivity index (χ2n) is 4.61. The number of thiophene rings is 1. The highest BCUT2D eigenvalue weighted by Gasteiger charge is 2.14. The third-order valence-corrected chi connectivity index (χ3v) is 4.08. The predicted octanol–water partition coefficient (Wildman–Crippen LogP) is 3.98. The molecule has 4 nitrogen and oxygen atoms in total. The van der Waals surface area contributed by atoms with Crippen molar-refractivity contribution in [1.82, 2.24) is 0 Å². The minimum atomic E-state index is -0.966. The Kier molecular flexibility index (Phi) is 4.63. The zero-order valence-corrected chi connectivity index (χ0v) is 12.1. The van der Waals surface area contributed by atoms with Gasteiger partial charge in [-0.1, -0.05) is 19.4 Å². The number of nitrogens with two attached hydrogens (primary N) is 1. The van der Waals surface area contributed by atoms with Crippen LogP contribution in [0.3, 0.4) is 0 Å². The molecule has 4 N–H and O–H groups in total. The second-order valence-corrected chi connectivity index (χ2v) is 5.59. The number of hydrogen-bond donors (Lipinski definition) is 3. The average molecular weight is 290 g/mol. The maximum atomic E-state index is 10.9. The summed E-state index contributed by atoms with van der Waals surface area (Å²) in [6, 6.07) is 9.12. The van der Waals surface area contributed by atoms with E-state index in [0.717, 1.165) is 18.5 Å². The van der Waals surface area contributed by atoms with Crippen LogP contribution in [0, 0.1) is 0 Å². The average Bonchev–Trinajstić information content (AvgIpc) is 2.94. The van der Waals surface area contributed by atoms with E-state index in [4.69, 9.17) is 10.8 Å². The molecule has 20 heavy (non-hydrogen) atoms. The van der Waals surface area contributed by atoms with Gasteiger partial charge in [0, 0.05) is 4.88 Å². The van der Waals surface area contributed by atoms with Crippen LogP contribution >= 0.6 is 11.3 Å². The molecule has 106 valence electrons. The van der Waals surface area contributed by atoms with E-state index in [-0.39, 0.29) is 11.6 Å². The lowest BCUT2D eigenvalue weighted by molar-refractivity contribution is 0.0697. The lowest BCUT2D eigenvalue weighted by atomic mass is 10.1. The van der Waals surface area contributed by atoms with E-state index in [0.29, 0.717) is 5.69 Å². The van der Waals surface area contributed by atoms with Gasteiger partial charge in [0.2, 0.25) is 0 Å². The van der Waals surface area contributed by atoms with Crippen molar-refractivity contribution in [3.05, 3.63) is 46.2 Å². The van der Waals surface area contributed by atoms with Gasteiger partial charge < -0.3 is 16.2 Å². The van der Waals surface area contributed by atoms with Crippen LogP contribution in [0.2, 0.25) is 0 Å². The maximum Gasteiger partial charge on any atom is 0.335 e. The topological polar surface area (TPSA) is 75.3 Å². The lowest BCUT2D eigenvalue weighted by Crippen LogP contribution is -2.11. The molecular formula is C15H18N2O2S. The van der Waals surface area contributed by atoms with Crippen molar-refractivity contribution in [1.29, 1.82) is 0 Å². The summed E-state index contributed by atoms with van der Waals surface area (Å²) in [6.45, 7) is 2.14. The molecule has 1 unspecified atom stereocenters. The first-order chi connectivity index (χ1) is 9.61. The Bertz CT molecular complexity index is 582. The molecular weight excluding hydrogens is 272 g/mol. The van der Waals surface area contributed by atoms with Gasteiger partial charge in [-0.2, -0.15) is 0 Å². The van der Waals surface area contributed by atoms with Crippen molar-refractivity contribution in [2.45, 2.75) is 25.8 Å². The fraction of sp³-hybridized carbons (Fsp3) is 0.267. The summed E-state index contributed by atoms with van der Waals surface area (Å²) in [6.07, 6.45) is 2.06. The van der Waals surface area contributed by atoms with Gasteiger partial charge in [0.25, 0.3) is 0 Å². The molecule has 1 heterocycles. The zero-order chi connectivity index (χ0) is 14.5. The second kappa shape index (κ2) is 6.43. The fourth-order valence-electron chi connectivity index (χ4n) is 2.08. The van der Waals surface area contributed by atoms with Gasteiger partial charge in [0.05, 0.1) is 23.0 Å². The molecule has 0 aliphatic rings. The first-order valence-electron chi connectivity index (χ1n) is 6.54. The SMILES string of the molecule is CCCC(Nc1ccc(C(=O)O)cc1N)c1cccs1. The van der Waals surface area contributed by atoms with Crippen molar-refractivity contribution in [3.63, 3.8) is 0 Å². The number of carboxylic acids is 1. The summed E-state index contributed by atoms with van der Waals surface area (Å²) in [4.78, 5) is 12.2. The van der Waals surface area contributed by atoms with E-state index >= 15 is 0 Å². The van der Waals surface area contributed by atoms with E-state index in [1.165, 1.54) is 10.9 Å². The molecule has 1 atom stereocenters. The summed E-state index contributed by atoms with van der Waals surface area (Å²) in [5.74, 6) is -0.966. The van der Waals surface area contributed by atoms with Crippen LogP contribution in [0.15, 0.2) is 35.7 Å². The van der Waals surface area contributed by atoms with Gasteiger partial charge >= 0.3 is 5.97 Å². The van der Waals surface area contributed by atoms with Crippen molar-refractivity contribution in [2.75, 3.05) is 11.1 Å². The quantitative estimate of drug-likeness (QED) is 0.703. The van der Waals surface area contributed by atoms with E-state index in [1.807, 2.05) is 6.07 Å². The molecule has 1 aromatic heterocycles. The summed E-state index contributed by atoms with van der Waals surface area (Å²) in [5, 5.41) is 14.4. The molecule has 0 fully saturated rings. The molecule has 0 radical (unpaired) electrons.